The maximum absolute atomic E-state index is 12.1. The van der Waals surface area contributed by atoms with Crippen molar-refractivity contribution in [3.63, 3.8) is 0 Å². The third-order valence-electron chi connectivity index (χ3n) is 4.02. The number of carbonyl (C=O) groups excluding carboxylic acids is 1. The summed E-state index contributed by atoms with van der Waals surface area (Å²) < 4.78 is 0. The van der Waals surface area contributed by atoms with E-state index >= 15 is 0 Å². The second kappa shape index (κ2) is 6.37. The van der Waals surface area contributed by atoms with Gasteiger partial charge in [0.2, 0.25) is 5.91 Å². The Bertz CT molecular complexity index is 393. The quantitative estimate of drug-likeness (QED) is 0.788. The highest BCUT2D eigenvalue weighted by Gasteiger charge is 2.18. The topological polar surface area (TPSA) is 20.3 Å². The van der Waals surface area contributed by atoms with Gasteiger partial charge in [-0.25, -0.2) is 0 Å². The highest BCUT2D eigenvalue weighted by molar-refractivity contribution is 7.10. The highest BCUT2D eigenvalue weighted by Crippen LogP contribution is 2.28. The first-order valence-electron chi connectivity index (χ1n) is 6.93. The van der Waals surface area contributed by atoms with Gasteiger partial charge in [-0.3, -0.25) is 4.79 Å². The van der Waals surface area contributed by atoms with Crippen molar-refractivity contribution in [2.45, 2.75) is 52.0 Å². The molecule has 1 heterocycles. The summed E-state index contributed by atoms with van der Waals surface area (Å²) in [6.07, 6.45) is 7.21. The average Bonchev–Trinajstić information content (AvgIpc) is 2.99. The lowest BCUT2D eigenvalue weighted by Crippen LogP contribution is -2.26. The van der Waals surface area contributed by atoms with Gasteiger partial charge in [0.25, 0.3) is 0 Å². The predicted octanol–water partition coefficient (Wildman–Crippen LogP) is 3.99. The average molecular weight is 265 g/mol. The lowest BCUT2D eigenvalue weighted by Gasteiger charge is -2.18. The minimum Gasteiger partial charge on any atom is -0.341 e. The Morgan fingerprint density at radius 2 is 2.17 bits per heavy atom. The van der Waals surface area contributed by atoms with Crippen LogP contribution in [0, 0.1) is 12.8 Å². The molecular weight excluding hydrogens is 242 g/mol. The van der Waals surface area contributed by atoms with Crippen LogP contribution < -0.4 is 0 Å². The Balaban J connectivity index is 1.76. The first-order chi connectivity index (χ1) is 8.66. The molecular formula is C15H23NOS. The van der Waals surface area contributed by atoms with E-state index in [0.29, 0.717) is 5.91 Å². The number of aryl methyl sites for hydroxylation is 1. The molecule has 18 heavy (non-hydrogen) atoms. The molecule has 1 aromatic rings. The van der Waals surface area contributed by atoms with Crippen molar-refractivity contribution in [3.05, 3.63) is 21.9 Å². The van der Waals surface area contributed by atoms with Crippen molar-refractivity contribution in [2.24, 2.45) is 5.92 Å². The third-order valence-corrected chi connectivity index (χ3v) is 5.02. The van der Waals surface area contributed by atoms with E-state index in [4.69, 9.17) is 0 Å². The zero-order valence-corrected chi connectivity index (χ0v) is 12.3. The molecule has 1 aromatic heterocycles. The molecule has 1 aliphatic rings. The van der Waals surface area contributed by atoms with Gasteiger partial charge in [0, 0.05) is 18.3 Å². The van der Waals surface area contributed by atoms with Crippen molar-refractivity contribution in [1.29, 1.82) is 0 Å². The summed E-state index contributed by atoms with van der Waals surface area (Å²) in [6.45, 7) is 2.88. The van der Waals surface area contributed by atoms with Gasteiger partial charge in [-0.1, -0.05) is 25.7 Å². The van der Waals surface area contributed by atoms with E-state index in [9.17, 15) is 4.79 Å². The maximum Gasteiger partial charge on any atom is 0.222 e. The molecule has 1 fully saturated rings. The van der Waals surface area contributed by atoms with Gasteiger partial charge in [0.05, 0.1) is 6.54 Å². The van der Waals surface area contributed by atoms with Gasteiger partial charge in [-0.2, -0.15) is 0 Å². The second-order valence-corrected chi connectivity index (χ2v) is 6.47. The standard InChI is InChI=1S/C15H23NOS/c1-12-9-10-18-14(12)11-16(2)15(17)8-7-13-5-3-4-6-13/h9-10,13H,3-8,11H2,1-2H3. The molecule has 2 nitrogen and oxygen atoms in total. The van der Waals surface area contributed by atoms with E-state index in [-0.39, 0.29) is 0 Å². The minimum absolute atomic E-state index is 0.301. The zero-order chi connectivity index (χ0) is 13.0. The van der Waals surface area contributed by atoms with Gasteiger partial charge >= 0.3 is 0 Å². The number of hydrogen-bond donors (Lipinski definition) is 0. The normalized spacial score (nSPS) is 16.1. The molecule has 1 amide bonds. The fraction of sp³-hybridized carbons (Fsp3) is 0.667. The molecule has 3 heteroatoms. The fourth-order valence-electron chi connectivity index (χ4n) is 2.69. The van der Waals surface area contributed by atoms with Crippen LogP contribution >= 0.6 is 11.3 Å². The van der Waals surface area contributed by atoms with Crippen molar-refractivity contribution in [2.75, 3.05) is 7.05 Å². The van der Waals surface area contributed by atoms with Crippen LogP contribution in [0.15, 0.2) is 11.4 Å². The SMILES string of the molecule is Cc1ccsc1CN(C)C(=O)CCC1CCCC1. The summed E-state index contributed by atoms with van der Waals surface area (Å²) in [7, 11) is 1.93. The molecule has 0 N–H and O–H groups in total. The van der Waals surface area contributed by atoms with Crippen LogP contribution in [0.25, 0.3) is 0 Å². The smallest absolute Gasteiger partial charge is 0.222 e. The van der Waals surface area contributed by atoms with Crippen LogP contribution in [0.2, 0.25) is 0 Å². The van der Waals surface area contributed by atoms with Crippen LogP contribution in [-0.2, 0) is 11.3 Å². The first kappa shape index (κ1) is 13.6. The number of hydrogen-bond acceptors (Lipinski definition) is 2. The molecule has 0 unspecified atom stereocenters. The highest BCUT2D eigenvalue weighted by atomic mass is 32.1. The summed E-state index contributed by atoms with van der Waals surface area (Å²) in [5.74, 6) is 1.11. The number of rotatable bonds is 5. The third kappa shape index (κ3) is 3.58. The van der Waals surface area contributed by atoms with Crippen molar-refractivity contribution in [3.8, 4) is 0 Å². The molecule has 0 aliphatic heterocycles. The van der Waals surface area contributed by atoms with Crippen molar-refractivity contribution >= 4 is 17.2 Å². The number of carbonyl (C=O) groups is 1. The van der Waals surface area contributed by atoms with Gasteiger partial charge in [0.15, 0.2) is 0 Å². The van der Waals surface area contributed by atoms with Crippen LogP contribution in [0.4, 0.5) is 0 Å². The Hall–Kier alpha value is -0.830. The van der Waals surface area contributed by atoms with E-state index in [2.05, 4.69) is 18.4 Å². The fourth-order valence-corrected chi connectivity index (χ4v) is 3.65. The van der Waals surface area contributed by atoms with Gasteiger partial charge < -0.3 is 4.90 Å². The molecule has 0 saturated heterocycles. The van der Waals surface area contributed by atoms with Gasteiger partial charge in [-0.05, 0) is 36.3 Å². The lowest BCUT2D eigenvalue weighted by molar-refractivity contribution is -0.130. The Kier molecular flexibility index (Phi) is 4.81. The van der Waals surface area contributed by atoms with E-state index in [1.54, 1.807) is 11.3 Å². The van der Waals surface area contributed by atoms with E-state index < -0.39 is 0 Å². The van der Waals surface area contributed by atoms with Crippen LogP contribution in [0.1, 0.15) is 49.0 Å². The second-order valence-electron chi connectivity index (χ2n) is 5.47. The monoisotopic (exact) mass is 265 g/mol. The lowest BCUT2D eigenvalue weighted by atomic mass is 10.0. The summed E-state index contributed by atoms with van der Waals surface area (Å²) in [6, 6.07) is 2.12. The van der Waals surface area contributed by atoms with E-state index in [1.807, 2.05) is 11.9 Å². The molecule has 1 saturated carbocycles. The van der Waals surface area contributed by atoms with Crippen LogP contribution in [-0.4, -0.2) is 17.9 Å². The number of nitrogens with zero attached hydrogens (tertiary/aromatic N) is 1. The molecule has 0 bridgehead atoms. The predicted molar refractivity (Wildman–Crippen MR) is 76.7 cm³/mol. The van der Waals surface area contributed by atoms with E-state index in [0.717, 1.165) is 25.3 Å². The first-order valence-corrected chi connectivity index (χ1v) is 7.81. The largest absolute Gasteiger partial charge is 0.341 e. The van der Waals surface area contributed by atoms with E-state index in [1.165, 1.54) is 36.1 Å². The van der Waals surface area contributed by atoms with Crippen molar-refractivity contribution in [1.82, 2.24) is 4.90 Å². The molecule has 0 atom stereocenters. The molecule has 100 valence electrons. The maximum atomic E-state index is 12.1. The Morgan fingerprint density at radius 1 is 1.44 bits per heavy atom. The number of amides is 1. The molecule has 1 aliphatic carbocycles. The summed E-state index contributed by atoms with van der Waals surface area (Å²) >= 11 is 1.74. The molecule has 0 spiro atoms. The minimum atomic E-state index is 0.301. The Morgan fingerprint density at radius 3 is 2.78 bits per heavy atom. The van der Waals surface area contributed by atoms with Crippen LogP contribution in [0.3, 0.4) is 0 Å². The number of thiophene rings is 1. The zero-order valence-electron chi connectivity index (χ0n) is 11.4. The summed E-state index contributed by atoms with van der Waals surface area (Å²) in [5.41, 5.74) is 1.30. The van der Waals surface area contributed by atoms with Gasteiger partial charge in [0.1, 0.15) is 0 Å². The summed E-state index contributed by atoms with van der Waals surface area (Å²) in [5, 5.41) is 2.10. The van der Waals surface area contributed by atoms with Gasteiger partial charge in [-0.15, -0.1) is 11.3 Å². The molecule has 0 radical (unpaired) electrons. The van der Waals surface area contributed by atoms with Crippen molar-refractivity contribution < 1.29 is 4.79 Å². The van der Waals surface area contributed by atoms with Crippen LogP contribution in [0.5, 0.6) is 0 Å². The Labute approximate surface area is 114 Å². The molecule has 0 aromatic carbocycles. The summed E-state index contributed by atoms with van der Waals surface area (Å²) in [4.78, 5) is 15.3. The molecule has 2 rings (SSSR count).